The van der Waals surface area contributed by atoms with E-state index in [0.717, 1.165) is 6.07 Å². The van der Waals surface area contributed by atoms with Gasteiger partial charge in [0.25, 0.3) is 5.91 Å². The van der Waals surface area contributed by atoms with Crippen LogP contribution in [0.15, 0.2) is 12.1 Å². The van der Waals surface area contributed by atoms with Gasteiger partial charge in [-0.05, 0) is 39.3 Å². The minimum atomic E-state index is -5.92. The molecule has 3 aromatic rings. The second-order valence-electron chi connectivity index (χ2n) is 7.31. The summed E-state index contributed by atoms with van der Waals surface area (Å²) >= 11 is 0.705. The summed E-state index contributed by atoms with van der Waals surface area (Å²) in [5, 5.41) is 5.82. The predicted octanol–water partition coefficient (Wildman–Crippen LogP) is 4.67. The third-order valence-electron chi connectivity index (χ3n) is 4.78. The first kappa shape index (κ1) is 27.0. The third kappa shape index (κ3) is 4.87. The maximum absolute atomic E-state index is 14.1. The van der Waals surface area contributed by atoms with Crippen molar-refractivity contribution in [2.24, 2.45) is 0 Å². The zero-order chi connectivity index (χ0) is 27.0. The minimum Gasteiger partial charge on any atom is -0.462 e. The Morgan fingerprint density at radius 1 is 1.03 bits per heavy atom. The fourth-order valence-corrected chi connectivity index (χ4v) is 4.27. The molecule has 9 nitrogen and oxygen atoms in total. The van der Waals surface area contributed by atoms with Gasteiger partial charge in [-0.2, -0.15) is 27.1 Å². The standard InChI is InChI=1S/C21H19F5N4O5S/c1-5-34-18(32)14-10(4)15(19(33)35-6-2)36-17(14)28-16(31)11-8-13-27-9(3)7-12(30(13)29-11)20(22,23)21(24,25)26/h7-8H,5-6H2,1-4H3,(H,28,31). The van der Waals surface area contributed by atoms with Gasteiger partial charge in [-0.3, -0.25) is 4.79 Å². The SMILES string of the molecule is CCOC(=O)c1sc(NC(=O)c2cc3nc(C)cc(C(F)(F)C(F)(F)F)n3n2)c(C(=O)OCC)c1C. The number of alkyl halides is 5. The van der Waals surface area contributed by atoms with E-state index in [-0.39, 0.29) is 44.4 Å². The van der Waals surface area contributed by atoms with Gasteiger partial charge in [-0.15, -0.1) is 11.3 Å². The Morgan fingerprint density at radius 3 is 2.22 bits per heavy atom. The molecular formula is C21H19F5N4O5S. The lowest BCUT2D eigenvalue weighted by atomic mass is 10.1. The van der Waals surface area contributed by atoms with Gasteiger partial charge < -0.3 is 14.8 Å². The molecule has 3 aromatic heterocycles. The van der Waals surface area contributed by atoms with Crippen molar-refractivity contribution in [3.8, 4) is 0 Å². The van der Waals surface area contributed by atoms with Crippen molar-refractivity contribution in [1.29, 1.82) is 0 Å². The molecule has 1 N–H and O–H groups in total. The van der Waals surface area contributed by atoms with Crippen LogP contribution in [0.4, 0.5) is 27.0 Å². The molecule has 0 atom stereocenters. The highest BCUT2D eigenvalue weighted by Crippen LogP contribution is 2.44. The number of anilines is 1. The average Bonchev–Trinajstić information content (AvgIpc) is 3.33. The minimum absolute atomic E-state index is 0.00889. The molecule has 0 fully saturated rings. The molecule has 0 saturated carbocycles. The van der Waals surface area contributed by atoms with Crippen LogP contribution in [0.1, 0.15) is 61.3 Å². The Bertz CT molecular complexity index is 1350. The monoisotopic (exact) mass is 534 g/mol. The van der Waals surface area contributed by atoms with Crippen molar-refractivity contribution in [3.05, 3.63) is 45.2 Å². The van der Waals surface area contributed by atoms with Crippen LogP contribution in [0.5, 0.6) is 0 Å². The molecular weight excluding hydrogens is 515 g/mol. The summed E-state index contributed by atoms with van der Waals surface area (Å²) in [7, 11) is 0. The Labute approximate surface area is 204 Å². The summed E-state index contributed by atoms with van der Waals surface area (Å²) in [6.07, 6.45) is -5.92. The van der Waals surface area contributed by atoms with Gasteiger partial charge in [-0.1, -0.05) is 0 Å². The lowest BCUT2D eigenvalue weighted by Gasteiger charge is -2.20. The van der Waals surface area contributed by atoms with E-state index in [1.165, 1.54) is 13.8 Å². The van der Waals surface area contributed by atoms with Gasteiger partial charge in [0.2, 0.25) is 0 Å². The summed E-state index contributed by atoms with van der Waals surface area (Å²) in [6.45, 7) is 5.80. The number of thiophene rings is 1. The number of fused-ring (bicyclic) bond motifs is 1. The molecule has 0 saturated heterocycles. The van der Waals surface area contributed by atoms with Crippen LogP contribution < -0.4 is 5.32 Å². The smallest absolute Gasteiger partial charge is 0.459 e. The van der Waals surface area contributed by atoms with E-state index in [1.807, 2.05) is 0 Å². The predicted molar refractivity (Wildman–Crippen MR) is 117 cm³/mol. The number of ether oxygens (including phenoxy) is 2. The summed E-state index contributed by atoms with van der Waals surface area (Å²) in [6, 6.07) is 1.43. The zero-order valence-electron chi connectivity index (χ0n) is 19.2. The molecule has 0 bridgehead atoms. The number of amides is 1. The topological polar surface area (TPSA) is 112 Å². The van der Waals surface area contributed by atoms with Crippen molar-refractivity contribution in [2.45, 2.75) is 39.8 Å². The molecule has 0 spiro atoms. The Balaban J connectivity index is 2.07. The number of rotatable bonds is 7. The van der Waals surface area contributed by atoms with Crippen molar-refractivity contribution in [1.82, 2.24) is 14.6 Å². The maximum atomic E-state index is 14.1. The number of nitrogens with zero attached hydrogens (tertiary/aromatic N) is 3. The molecule has 0 aliphatic carbocycles. The van der Waals surface area contributed by atoms with E-state index in [9.17, 15) is 36.3 Å². The van der Waals surface area contributed by atoms with Gasteiger partial charge in [0.05, 0.1) is 18.8 Å². The average molecular weight is 534 g/mol. The van der Waals surface area contributed by atoms with Gasteiger partial charge in [-0.25, -0.2) is 19.1 Å². The van der Waals surface area contributed by atoms with E-state index < -0.39 is 47.0 Å². The summed E-state index contributed by atoms with van der Waals surface area (Å²) in [4.78, 5) is 41.5. The number of halogens is 5. The number of esters is 2. The van der Waals surface area contributed by atoms with Crippen LogP contribution >= 0.6 is 11.3 Å². The molecule has 3 rings (SSSR count). The van der Waals surface area contributed by atoms with Crippen molar-refractivity contribution >= 4 is 39.8 Å². The van der Waals surface area contributed by atoms with Crippen LogP contribution in [0.25, 0.3) is 5.65 Å². The highest BCUT2D eigenvalue weighted by atomic mass is 32.1. The largest absolute Gasteiger partial charge is 0.462 e. The first-order valence-corrected chi connectivity index (χ1v) is 11.2. The Hall–Kier alpha value is -3.62. The lowest BCUT2D eigenvalue weighted by Crippen LogP contribution is -2.36. The molecule has 194 valence electrons. The second kappa shape index (κ2) is 9.79. The molecule has 0 radical (unpaired) electrons. The zero-order valence-corrected chi connectivity index (χ0v) is 20.1. The molecule has 0 aliphatic heterocycles. The van der Waals surface area contributed by atoms with Gasteiger partial charge in [0.1, 0.15) is 15.6 Å². The number of nitrogens with one attached hydrogen (secondary N) is 1. The molecule has 1 amide bonds. The first-order valence-electron chi connectivity index (χ1n) is 10.3. The number of hydrogen-bond acceptors (Lipinski definition) is 8. The van der Waals surface area contributed by atoms with E-state index >= 15 is 0 Å². The molecule has 3 heterocycles. The van der Waals surface area contributed by atoms with Crippen molar-refractivity contribution < 1.29 is 45.8 Å². The molecule has 0 aromatic carbocycles. The fourth-order valence-electron chi connectivity index (χ4n) is 3.19. The quantitative estimate of drug-likeness (QED) is 0.346. The Kier molecular flexibility index (Phi) is 7.34. The van der Waals surface area contributed by atoms with Crippen LogP contribution in [-0.4, -0.2) is 51.8 Å². The van der Waals surface area contributed by atoms with E-state index in [1.54, 1.807) is 13.8 Å². The van der Waals surface area contributed by atoms with Crippen molar-refractivity contribution in [3.63, 3.8) is 0 Å². The maximum Gasteiger partial charge on any atom is 0.459 e. The van der Waals surface area contributed by atoms with Crippen LogP contribution in [0.2, 0.25) is 0 Å². The van der Waals surface area contributed by atoms with Gasteiger partial charge in [0.15, 0.2) is 11.3 Å². The van der Waals surface area contributed by atoms with E-state index in [2.05, 4.69) is 15.4 Å². The van der Waals surface area contributed by atoms with Gasteiger partial charge >= 0.3 is 24.0 Å². The number of hydrogen-bond donors (Lipinski definition) is 1. The number of carbonyl (C=O) groups is 3. The van der Waals surface area contributed by atoms with Crippen LogP contribution in [-0.2, 0) is 15.4 Å². The van der Waals surface area contributed by atoms with E-state index in [4.69, 9.17) is 9.47 Å². The van der Waals surface area contributed by atoms with Crippen LogP contribution in [0.3, 0.4) is 0 Å². The highest BCUT2D eigenvalue weighted by Gasteiger charge is 2.60. The second-order valence-corrected chi connectivity index (χ2v) is 8.33. The molecule has 36 heavy (non-hydrogen) atoms. The number of aryl methyl sites for hydroxylation is 1. The lowest BCUT2D eigenvalue weighted by molar-refractivity contribution is -0.291. The normalized spacial score (nSPS) is 12.0. The Morgan fingerprint density at radius 2 is 1.64 bits per heavy atom. The summed E-state index contributed by atoms with van der Waals surface area (Å²) in [5.74, 6) is -7.94. The highest BCUT2D eigenvalue weighted by molar-refractivity contribution is 7.18. The third-order valence-corrected chi connectivity index (χ3v) is 5.97. The summed E-state index contributed by atoms with van der Waals surface area (Å²) < 4.78 is 77.4. The van der Waals surface area contributed by atoms with E-state index in [0.29, 0.717) is 17.4 Å². The van der Waals surface area contributed by atoms with Crippen LogP contribution in [0, 0.1) is 13.8 Å². The molecule has 0 aliphatic rings. The number of carbonyl (C=O) groups excluding carboxylic acids is 3. The molecule has 15 heteroatoms. The summed E-state index contributed by atoms with van der Waals surface area (Å²) in [5.41, 5.74) is -2.65. The fraction of sp³-hybridized carbons (Fsp3) is 0.381. The molecule has 0 unspecified atom stereocenters. The van der Waals surface area contributed by atoms with Crippen molar-refractivity contribution in [2.75, 3.05) is 18.5 Å². The first-order chi connectivity index (χ1) is 16.7. The number of aromatic nitrogens is 3. The van der Waals surface area contributed by atoms with Gasteiger partial charge in [0, 0.05) is 11.8 Å².